The van der Waals surface area contributed by atoms with Gasteiger partial charge in [0, 0.05) is 17.8 Å². The maximum atomic E-state index is 12.6. The lowest BCUT2D eigenvalue weighted by Gasteiger charge is -2.13. The van der Waals surface area contributed by atoms with Gasteiger partial charge in [-0.2, -0.15) is 9.50 Å². The molecule has 170 valence electrons. The second kappa shape index (κ2) is 9.15. The molecule has 2 heterocycles. The molecule has 0 aliphatic rings. The van der Waals surface area contributed by atoms with Crippen LogP contribution in [0.5, 0.6) is 5.75 Å². The third kappa shape index (κ3) is 5.03. The summed E-state index contributed by atoms with van der Waals surface area (Å²) in [4.78, 5) is 33.7. The van der Waals surface area contributed by atoms with E-state index in [1.807, 2.05) is 45.9 Å². The van der Waals surface area contributed by atoms with E-state index in [4.69, 9.17) is 4.74 Å². The minimum atomic E-state index is -0.381. The molecule has 9 heteroatoms. The zero-order chi connectivity index (χ0) is 23.5. The Morgan fingerprint density at radius 2 is 1.79 bits per heavy atom. The van der Waals surface area contributed by atoms with Crippen molar-refractivity contribution >= 4 is 23.2 Å². The number of benzene rings is 2. The van der Waals surface area contributed by atoms with Crippen molar-refractivity contribution in [2.75, 3.05) is 10.6 Å². The van der Waals surface area contributed by atoms with E-state index in [1.165, 1.54) is 10.6 Å². The molecule has 2 aromatic heterocycles. The summed E-state index contributed by atoms with van der Waals surface area (Å²) in [5, 5.41) is 5.65. The fourth-order valence-corrected chi connectivity index (χ4v) is 3.59. The number of anilines is 2. The van der Waals surface area contributed by atoms with Crippen LogP contribution >= 0.6 is 0 Å². The Morgan fingerprint density at radius 1 is 1.06 bits per heavy atom. The maximum Gasteiger partial charge on any atom is 0.323 e. The van der Waals surface area contributed by atoms with Crippen LogP contribution in [0.4, 0.5) is 16.2 Å². The molecule has 0 unspecified atom stereocenters. The first-order chi connectivity index (χ1) is 15.8. The molecule has 0 fully saturated rings. The van der Waals surface area contributed by atoms with Gasteiger partial charge >= 0.3 is 6.03 Å². The van der Waals surface area contributed by atoms with Crippen LogP contribution in [0.15, 0.2) is 59.7 Å². The van der Waals surface area contributed by atoms with Gasteiger partial charge in [-0.1, -0.05) is 18.2 Å². The molecule has 0 radical (unpaired) electrons. The molecule has 0 spiro atoms. The van der Waals surface area contributed by atoms with E-state index in [1.54, 1.807) is 35.3 Å². The number of carbonyl (C=O) groups excluding carboxylic acids is 1. The van der Waals surface area contributed by atoms with E-state index in [2.05, 4.69) is 20.6 Å². The van der Waals surface area contributed by atoms with Gasteiger partial charge in [0.05, 0.1) is 11.4 Å². The molecule has 4 aromatic rings. The second-order valence-corrected chi connectivity index (χ2v) is 8.16. The van der Waals surface area contributed by atoms with Crippen molar-refractivity contribution in [2.24, 2.45) is 0 Å². The molecule has 0 saturated carbocycles. The summed E-state index contributed by atoms with van der Waals surface area (Å²) in [6.07, 6.45) is 1.59. The summed E-state index contributed by atoms with van der Waals surface area (Å²) in [5.74, 6) is 0.775. The summed E-state index contributed by atoms with van der Waals surface area (Å²) in [6.45, 7) is 7.93. The van der Waals surface area contributed by atoms with Gasteiger partial charge in [-0.05, 0) is 63.1 Å². The summed E-state index contributed by atoms with van der Waals surface area (Å²) in [7, 11) is 0. The van der Waals surface area contributed by atoms with Crippen LogP contribution in [0.25, 0.3) is 5.78 Å². The molecule has 2 N–H and O–H groups in total. The number of ether oxygens (including phenoxy) is 1. The summed E-state index contributed by atoms with van der Waals surface area (Å²) < 4.78 is 9.04. The number of aryl methyl sites for hydroxylation is 2. The SMILES string of the molecule is Cc1cc(C)cc(NC(=O)Nc2ccccc2OCc2cc(=O)n3c(ncn3C(C)C)n2)c1. The van der Waals surface area contributed by atoms with Crippen molar-refractivity contribution in [3.63, 3.8) is 0 Å². The molecule has 9 nitrogen and oxygen atoms in total. The van der Waals surface area contributed by atoms with Crippen molar-refractivity contribution in [3.05, 3.63) is 82.0 Å². The largest absolute Gasteiger partial charge is 0.485 e. The van der Waals surface area contributed by atoms with E-state index in [0.29, 0.717) is 28.6 Å². The van der Waals surface area contributed by atoms with Crippen molar-refractivity contribution in [1.29, 1.82) is 0 Å². The Bertz CT molecular complexity index is 1350. The van der Waals surface area contributed by atoms with Crippen molar-refractivity contribution in [2.45, 2.75) is 40.3 Å². The Labute approximate surface area is 191 Å². The topological polar surface area (TPSA) is 103 Å². The third-order valence-electron chi connectivity index (χ3n) is 4.97. The number of nitrogens with zero attached hydrogens (tertiary/aromatic N) is 4. The highest BCUT2D eigenvalue weighted by molar-refractivity contribution is 6.00. The average Bonchev–Trinajstić information content (AvgIpc) is 3.17. The number of amides is 2. The van der Waals surface area contributed by atoms with E-state index in [0.717, 1.165) is 11.1 Å². The summed E-state index contributed by atoms with van der Waals surface area (Å²) >= 11 is 0. The molecular formula is C24H26N6O3. The van der Waals surface area contributed by atoms with Crippen molar-refractivity contribution in [1.82, 2.24) is 19.2 Å². The lowest BCUT2D eigenvalue weighted by atomic mass is 10.1. The van der Waals surface area contributed by atoms with Gasteiger partial charge in [-0.3, -0.25) is 9.48 Å². The first-order valence-corrected chi connectivity index (χ1v) is 10.6. The number of carbonyl (C=O) groups is 1. The number of aromatic nitrogens is 4. The van der Waals surface area contributed by atoms with E-state index in [9.17, 15) is 9.59 Å². The molecule has 2 aromatic carbocycles. The first kappa shape index (κ1) is 22.1. The van der Waals surface area contributed by atoms with Crippen molar-refractivity contribution in [3.8, 4) is 5.75 Å². The number of fused-ring (bicyclic) bond motifs is 1. The van der Waals surface area contributed by atoms with Crippen LogP contribution in [0, 0.1) is 13.8 Å². The predicted octanol–water partition coefficient (Wildman–Crippen LogP) is 4.31. The molecule has 0 atom stereocenters. The van der Waals surface area contributed by atoms with Crippen LogP contribution in [-0.2, 0) is 6.61 Å². The zero-order valence-electron chi connectivity index (χ0n) is 19.0. The van der Waals surface area contributed by atoms with E-state index in [-0.39, 0.29) is 24.2 Å². The Balaban J connectivity index is 1.48. The highest BCUT2D eigenvalue weighted by atomic mass is 16.5. The number of para-hydroxylation sites is 2. The molecule has 0 aliphatic heterocycles. The number of rotatable bonds is 6. The molecule has 2 amide bonds. The minimum Gasteiger partial charge on any atom is -0.485 e. The van der Waals surface area contributed by atoms with Crippen LogP contribution in [0.1, 0.15) is 36.7 Å². The average molecular weight is 447 g/mol. The Hall–Kier alpha value is -4.14. The number of hydrogen-bond donors (Lipinski definition) is 2. The smallest absolute Gasteiger partial charge is 0.323 e. The second-order valence-electron chi connectivity index (χ2n) is 8.16. The zero-order valence-corrected chi connectivity index (χ0v) is 19.0. The minimum absolute atomic E-state index is 0.0532. The lowest BCUT2D eigenvalue weighted by molar-refractivity contribution is 0.261. The van der Waals surface area contributed by atoms with Gasteiger partial charge in [0.25, 0.3) is 11.3 Å². The van der Waals surface area contributed by atoms with Crippen LogP contribution < -0.4 is 20.9 Å². The lowest BCUT2D eigenvalue weighted by Crippen LogP contribution is -2.23. The molecule has 4 rings (SSSR count). The monoisotopic (exact) mass is 446 g/mol. The fourth-order valence-electron chi connectivity index (χ4n) is 3.59. The standard InChI is InChI=1S/C24H26N6O3/c1-15(2)29-14-25-23-26-19(12-22(31)30(23)29)13-33-21-8-6-5-7-20(21)28-24(32)27-18-10-16(3)9-17(4)11-18/h5-12,14-15H,13H2,1-4H3,(H2,27,28,32). The normalized spacial score (nSPS) is 11.1. The number of hydrogen-bond acceptors (Lipinski definition) is 5. The summed E-state index contributed by atoms with van der Waals surface area (Å²) in [6, 6.07) is 14.0. The highest BCUT2D eigenvalue weighted by Gasteiger charge is 2.12. The number of urea groups is 1. The van der Waals surface area contributed by atoms with Gasteiger partial charge < -0.3 is 15.4 Å². The van der Waals surface area contributed by atoms with Gasteiger partial charge in [-0.15, -0.1) is 0 Å². The van der Waals surface area contributed by atoms with Crippen LogP contribution in [0.3, 0.4) is 0 Å². The van der Waals surface area contributed by atoms with Crippen LogP contribution in [0.2, 0.25) is 0 Å². The van der Waals surface area contributed by atoms with Gasteiger partial charge in [-0.25, -0.2) is 9.78 Å². The van der Waals surface area contributed by atoms with Gasteiger partial charge in [0.1, 0.15) is 18.7 Å². The molecule has 33 heavy (non-hydrogen) atoms. The predicted molar refractivity (Wildman–Crippen MR) is 127 cm³/mol. The van der Waals surface area contributed by atoms with Gasteiger partial charge in [0.2, 0.25) is 0 Å². The number of nitrogens with one attached hydrogen (secondary N) is 2. The third-order valence-corrected chi connectivity index (χ3v) is 4.97. The van der Waals surface area contributed by atoms with E-state index < -0.39 is 0 Å². The molecule has 0 saturated heterocycles. The Kier molecular flexibility index (Phi) is 6.12. The maximum absolute atomic E-state index is 12.6. The molecular weight excluding hydrogens is 420 g/mol. The fraction of sp³-hybridized carbons (Fsp3) is 0.250. The highest BCUT2D eigenvalue weighted by Crippen LogP contribution is 2.25. The van der Waals surface area contributed by atoms with Crippen molar-refractivity contribution < 1.29 is 9.53 Å². The molecule has 0 bridgehead atoms. The van der Waals surface area contributed by atoms with E-state index >= 15 is 0 Å². The van der Waals surface area contributed by atoms with Crippen LogP contribution in [-0.4, -0.2) is 25.2 Å². The first-order valence-electron chi connectivity index (χ1n) is 10.6. The molecule has 0 aliphatic carbocycles. The van der Waals surface area contributed by atoms with Gasteiger partial charge in [0.15, 0.2) is 0 Å². The Morgan fingerprint density at radius 3 is 2.52 bits per heavy atom. The summed E-state index contributed by atoms with van der Waals surface area (Å²) in [5.41, 5.74) is 3.55. The quantitative estimate of drug-likeness (QED) is 0.459.